The van der Waals surface area contributed by atoms with E-state index in [-0.39, 0.29) is 22.5 Å². The van der Waals surface area contributed by atoms with Crippen LogP contribution in [-0.4, -0.2) is 36.5 Å². The van der Waals surface area contributed by atoms with Crippen LogP contribution in [0.15, 0.2) is 29.2 Å². The average Bonchev–Trinajstić information content (AvgIpc) is 2.36. The smallest absolute Gasteiger partial charge is 0.240 e. The van der Waals surface area contributed by atoms with Gasteiger partial charge in [-0.05, 0) is 26.0 Å². The molecule has 1 N–H and O–H groups in total. The highest BCUT2D eigenvalue weighted by molar-refractivity contribution is 7.89. The number of benzene rings is 1. The molecule has 0 aliphatic heterocycles. The first-order chi connectivity index (χ1) is 8.74. The van der Waals surface area contributed by atoms with Crippen LogP contribution >= 0.6 is 0 Å². The Labute approximate surface area is 115 Å². The highest BCUT2D eigenvalue weighted by atomic mass is 32.2. The van der Waals surface area contributed by atoms with Crippen molar-refractivity contribution < 1.29 is 17.4 Å². The van der Waals surface area contributed by atoms with Gasteiger partial charge in [0.1, 0.15) is 0 Å². The molecular weight excluding hydrogens is 286 g/mol. The SMILES string of the molecule is CC(=O)c1cccc(S(=O)(=O)NCC(C)S(C)=O)c1. The molecule has 7 heteroatoms. The van der Waals surface area contributed by atoms with Crippen LogP contribution in [-0.2, 0) is 20.8 Å². The Bertz CT molecular complexity index is 596. The maximum atomic E-state index is 12.0. The maximum absolute atomic E-state index is 12.0. The summed E-state index contributed by atoms with van der Waals surface area (Å²) in [5, 5.41) is -0.272. The van der Waals surface area contributed by atoms with E-state index < -0.39 is 20.8 Å². The molecule has 19 heavy (non-hydrogen) atoms. The molecule has 0 radical (unpaired) electrons. The van der Waals surface area contributed by atoms with Crippen molar-refractivity contribution in [1.29, 1.82) is 0 Å². The third kappa shape index (κ3) is 4.52. The average molecular weight is 303 g/mol. The standard InChI is InChI=1S/C12H17NO4S2/c1-9(18(3)15)8-13-19(16,17)12-6-4-5-11(7-12)10(2)14/h4-7,9,13H,8H2,1-3H3. The summed E-state index contributed by atoms with van der Waals surface area (Å²) in [6.07, 6.45) is 1.52. The van der Waals surface area contributed by atoms with Crippen LogP contribution < -0.4 is 4.72 Å². The second-order valence-electron chi connectivity index (χ2n) is 4.25. The lowest BCUT2D eigenvalue weighted by Crippen LogP contribution is -2.32. The largest absolute Gasteiger partial charge is 0.295 e. The van der Waals surface area contributed by atoms with Gasteiger partial charge in [0.2, 0.25) is 10.0 Å². The van der Waals surface area contributed by atoms with E-state index >= 15 is 0 Å². The van der Waals surface area contributed by atoms with E-state index in [0.29, 0.717) is 5.56 Å². The second-order valence-corrected chi connectivity index (χ2v) is 7.81. The van der Waals surface area contributed by atoms with Crippen molar-refractivity contribution in [3.8, 4) is 0 Å². The number of hydrogen-bond acceptors (Lipinski definition) is 4. The summed E-state index contributed by atoms with van der Waals surface area (Å²) >= 11 is 0. The number of rotatable bonds is 6. The molecule has 0 amide bonds. The maximum Gasteiger partial charge on any atom is 0.240 e. The Hall–Kier alpha value is -1.05. The molecular formula is C12H17NO4S2. The van der Waals surface area contributed by atoms with Crippen LogP contribution in [0, 0.1) is 0 Å². The van der Waals surface area contributed by atoms with Crippen LogP contribution in [0.4, 0.5) is 0 Å². The van der Waals surface area contributed by atoms with E-state index in [4.69, 9.17) is 0 Å². The van der Waals surface area contributed by atoms with Crippen molar-refractivity contribution >= 4 is 26.6 Å². The van der Waals surface area contributed by atoms with Crippen LogP contribution in [0.1, 0.15) is 24.2 Å². The zero-order chi connectivity index (χ0) is 14.6. The van der Waals surface area contributed by atoms with Crippen molar-refractivity contribution in [3.63, 3.8) is 0 Å². The molecule has 0 aliphatic carbocycles. The summed E-state index contributed by atoms with van der Waals surface area (Å²) in [6.45, 7) is 3.17. The number of Topliss-reactive ketones (excluding diaryl/α,β-unsaturated/α-hetero) is 1. The van der Waals surface area contributed by atoms with Gasteiger partial charge in [-0.2, -0.15) is 0 Å². The van der Waals surface area contributed by atoms with Crippen molar-refractivity contribution in [3.05, 3.63) is 29.8 Å². The van der Waals surface area contributed by atoms with Gasteiger partial charge in [-0.15, -0.1) is 0 Å². The summed E-state index contributed by atoms with van der Waals surface area (Å²) in [5.74, 6) is -0.194. The van der Waals surface area contributed by atoms with Gasteiger partial charge in [-0.3, -0.25) is 9.00 Å². The third-order valence-electron chi connectivity index (χ3n) is 2.68. The lowest BCUT2D eigenvalue weighted by molar-refractivity contribution is 0.101. The Balaban J connectivity index is 2.91. The first-order valence-corrected chi connectivity index (χ1v) is 8.77. The molecule has 0 saturated carbocycles. The molecule has 2 atom stereocenters. The minimum absolute atomic E-state index is 0.0364. The Morgan fingerprint density at radius 2 is 2.05 bits per heavy atom. The predicted molar refractivity (Wildman–Crippen MR) is 75.2 cm³/mol. The molecule has 5 nitrogen and oxygen atoms in total. The summed E-state index contributed by atoms with van der Waals surface area (Å²) in [5.41, 5.74) is 0.343. The summed E-state index contributed by atoms with van der Waals surface area (Å²) < 4.78 is 37.6. The molecule has 0 saturated heterocycles. The summed E-state index contributed by atoms with van der Waals surface area (Å²) in [7, 11) is -4.78. The second kappa shape index (κ2) is 6.40. The monoisotopic (exact) mass is 303 g/mol. The Kier molecular flexibility index (Phi) is 5.39. The Morgan fingerprint density at radius 1 is 1.42 bits per heavy atom. The minimum Gasteiger partial charge on any atom is -0.295 e. The summed E-state index contributed by atoms with van der Waals surface area (Å²) in [6, 6.07) is 5.83. The number of carbonyl (C=O) groups excluding carboxylic acids is 1. The van der Waals surface area contributed by atoms with Gasteiger partial charge in [0.05, 0.1) is 4.90 Å². The van der Waals surface area contributed by atoms with E-state index in [1.165, 1.54) is 31.4 Å². The lowest BCUT2D eigenvalue weighted by Gasteiger charge is -2.11. The van der Waals surface area contributed by atoms with Gasteiger partial charge in [0.25, 0.3) is 0 Å². The molecule has 106 valence electrons. The van der Waals surface area contributed by atoms with Crippen molar-refractivity contribution in [1.82, 2.24) is 4.72 Å². The van der Waals surface area contributed by atoms with E-state index in [0.717, 1.165) is 0 Å². The first kappa shape index (κ1) is 16.0. The molecule has 0 fully saturated rings. The van der Waals surface area contributed by atoms with Crippen molar-refractivity contribution in [2.24, 2.45) is 0 Å². The van der Waals surface area contributed by atoms with E-state index in [9.17, 15) is 17.4 Å². The molecule has 1 aromatic carbocycles. The van der Waals surface area contributed by atoms with Gasteiger partial charge >= 0.3 is 0 Å². The third-order valence-corrected chi connectivity index (χ3v) is 5.40. The molecule has 1 rings (SSSR count). The fourth-order valence-corrected chi connectivity index (χ4v) is 2.91. The van der Waals surface area contributed by atoms with Gasteiger partial charge in [-0.1, -0.05) is 12.1 Å². The highest BCUT2D eigenvalue weighted by Crippen LogP contribution is 2.12. The van der Waals surface area contributed by atoms with Gasteiger partial charge < -0.3 is 0 Å². The molecule has 0 bridgehead atoms. The molecule has 0 spiro atoms. The number of nitrogens with one attached hydrogen (secondary N) is 1. The fraction of sp³-hybridized carbons (Fsp3) is 0.417. The van der Waals surface area contributed by atoms with E-state index in [2.05, 4.69) is 4.72 Å². The molecule has 2 unspecified atom stereocenters. The zero-order valence-electron chi connectivity index (χ0n) is 11.0. The van der Waals surface area contributed by atoms with E-state index in [1.807, 2.05) is 0 Å². The van der Waals surface area contributed by atoms with Crippen molar-refractivity contribution in [2.45, 2.75) is 24.0 Å². The van der Waals surface area contributed by atoms with Crippen LogP contribution in [0.3, 0.4) is 0 Å². The van der Waals surface area contributed by atoms with Crippen LogP contribution in [0.2, 0.25) is 0 Å². The quantitative estimate of drug-likeness (QED) is 0.793. The first-order valence-electron chi connectivity index (χ1n) is 5.67. The fourth-order valence-electron chi connectivity index (χ4n) is 1.31. The minimum atomic E-state index is -3.68. The number of sulfonamides is 1. The molecule has 1 aromatic rings. The van der Waals surface area contributed by atoms with E-state index in [1.54, 1.807) is 13.0 Å². The van der Waals surface area contributed by atoms with Gasteiger partial charge in [-0.25, -0.2) is 13.1 Å². The number of hydrogen-bond donors (Lipinski definition) is 1. The van der Waals surface area contributed by atoms with Gasteiger partial charge in [0.15, 0.2) is 5.78 Å². The lowest BCUT2D eigenvalue weighted by atomic mass is 10.2. The predicted octanol–water partition coefficient (Wildman–Crippen LogP) is 0.935. The zero-order valence-corrected chi connectivity index (χ0v) is 12.7. The molecule has 0 heterocycles. The summed E-state index contributed by atoms with van der Waals surface area (Å²) in [4.78, 5) is 11.3. The topological polar surface area (TPSA) is 80.3 Å². The normalized spacial score (nSPS) is 14.9. The highest BCUT2D eigenvalue weighted by Gasteiger charge is 2.17. The number of carbonyl (C=O) groups is 1. The molecule has 0 aromatic heterocycles. The van der Waals surface area contributed by atoms with Crippen LogP contribution in [0.5, 0.6) is 0 Å². The molecule has 0 aliphatic rings. The van der Waals surface area contributed by atoms with Crippen molar-refractivity contribution in [2.75, 3.05) is 12.8 Å². The Morgan fingerprint density at radius 3 is 2.58 bits per heavy atom. The van der Waals surface area contributed by atoms with Gasteiger partial charge in [0, 0.05) is 34.4 Å². The number of ketones is 1. The van der Waals surface area contributed by atoms with Crippen LogP contribution in [0.25, 0.3) is 0 Å².